The van der Waals surface area contributed by atoms with Crippen molar-refractivity contribution in [1.82, 2.24) is 10.2 Å². The summed E-state index contributed by atoms with van der Waals surface area (Å²) in [7, 11) is -1.20. The van der Waals surface area contributed by atoms with Gasteiger partial charge in [-0.05, 0) is 24.6 Å². The van der Waals surface area contributed by atoms with Crippen LogP contribution in [0, 0.1) is 5.82 Å². The maximum atomic E-state index is 13.2. The van der Waals surface area contributed by atoms with Crippen LogP contribution in [-0.2, 0) is 16.4 Å². The van der Waals surface area contributed by atoms with Gasteiger partial charge in [0.1, 0.15) is 15.7 Å². The van der Waals surface area contributed by atoms with Crippen LogP contribution in [0.4, 0.5) is 4.39 Å². The Kier molecular flexibility index (Phi) is 6.61. The molecule has 1 aromatic rings. The van der Waals surface area contributed by atoms with Crippen LogP contribution in [0.3, 0.4) is 0 Å². The minimum Gasteiger partial charge on any atom is -0.357 e. The van der Waals surface area contributed by atoms with Crippen molar-refractivity contribution in [2.45, 2.75) is 13.5 Å². The summed E-state index contributed by atoms with van der Waals surface area (Å²) in [5.41, 5.74) is 0.825. The van der Waals surface area contributed by atoms with E-state index < -0.39 is 9.84 Å². The predicted octanol–water partition coefficient (Wildman–Crippen LogP) is 1.27. The third kappa shape index (κ3) is 7.08. The monoisotopic (exact) mass is 315 g/mol. The minimum atomic E-state index is -3.03. The Morgan fingerprint density at radius 3 is 2.71 bits per heavy atom. The molecule has 1 aromatic carbocycles. The second-order valence-corrected chi connectivity index (χ2v) is 7.11. The van der Waals surface area contributed by atoms with Gasteiger partial charge in [-0.3, -0.25) is 4.99 Å². The Morgan fingerprint density at radius 2 is 2.14 bits per heavy atom. The lowest BCUT2D eigenvalue weighted by atomic mass is 10.2. The Morgan fingerprint density at radius 1 is 1.43 bits per heavy atom. The Labute approximate surface area is 125 Å². The Bertz CT molecular complexity index is 588. The number of hydrogen-bond donors (Lipinski definition) is 1. The maximum absolute atomic E-state index is 13.2. The predicted molar refractivity (Wildman–Crippen MR) is 83.6 cm³/mol. The van der Waals surface area contributed by atoms with E-state index in [0.29, 0.717) is 19.0 Å². The largest absolute Gasteiger partial charge is 0.357 e. The normalized spacial score (nSPS) is 12.3. The number of nitrogens with one attached hydrogen (secondary N) is 1. The van der Waals surface area contributed by atoms with Gasteiger partial charge >= 0.3 is 0 Å². The fourth-order valence-corrected chi connectivity index (χ4v) is 2.19. The lowest BCUT2D eigenvalue weighted by Gasteiger charge is -2.22. The molecule has 0 aliphatic heterocycles. The molecule has 0 unspecified atom stereocenters. The average Bonchev–Trinajstić information content (AvgIpc) is 2.36. The molecule has 5 nitrogen and oxygen atoms in total. The summed E-state index contributed by atoms with van der Waals surface area (Å²) in [6.45, 7) is 3.30. The minimum absolute atomic E-state index is 0.00962. The van der Waals surface area contributed by atoms with Gasteiger partial charge in [-0.25, -0.2) is 12.8 Å². The standard InChI is InChI=1S/C14H22FN3O2S/c1-4-16-14(17-8-9-21(3,19)20)18(2)11-12-6-5-7-13(15)10-12/h5-7,10H,4,8-9,11H2,1-3H3,(H,16,17). The van der Waals surface area contributed by atoms with Crippen molar-refractivity contribution in [2.75, 3.05) is 32.1 Å². The molecule has 0 saturated carbocycles. The van der Waals surface area contributed by atoms with Crippen molar-refractivity contribution in [1.29, 1.82) is 0 Å². The number of guanidine groups is 1. The van der Waals surface area contributed by atoms with Crippen LogP contribution in [0.2, 0.25) is 0 Å². The quantitative estimate of drug-likeness (QED) is 0.634. The topological polar surface area (TPSA) is 61.8 Å². The molecule has 0 fully saturated rings. The zero-order valence-electron chi connectivity index (χ0n) is 12.6. The van der Waals surface area contributed by atoms with Crippen LogP contribution < -0.4 is 5.32 Å². The first-order valence-electron chi connectivity index (χ1n) is 6.73. The fourth-order valence-electron chi connectivity index (χ4n) is 1.77. The molecule has 0 aliphatic rings. The summed E-state index contributed by atoms with van der Waals surface area (Å²) in [4.78, 5) is 6.11. The number of aliphatic imine (C=N–C) groups is 1. The molecule has 0 atom stereocenters. The zero-order valence-corrected chi connectivity index (χ0v) is 13.5. The Balaban J connectivity index is 2.72. The van der Waals surface area contributed by atoms with Crippen LogP contribution in [0.15, 0.2) is 29.3 Å². The van der Waals surface area contributed by atoms with Crippen LogP contribution in [0.5, 0.6) is 0 Å². The van der Waals surface area contributed by atoms with Crippen LogP contribution in [0.25, 0.3) is 0 Å². The highest BCUT2D eigenvalue weighted by Crippen LogP contribution is 2.06. The van der Waals surface area contributed by atoms with Gasteiger partial charge in [0.05, 0.1) is 12.3 Å². The molecule has 0 aromatic heterocycles. The molecular weight excluding hydrogens is 293 g/mol. The number of benzene rings is 1. The summed E-state index contributed by atoms with van der Waals surface area (Å²) < 4.78 is 35.4. The molecule has 21 heavy (non-hydrogen) atoms. The van der Waals surface area contributed by atoms with E-state index in [1.807, 2.05) is 24.9 Å². The second-order valence-electron chi connectivity index (χ2n) is 4.85. The van der Waals surface area contributed by atoms with Gasteiger partial charge in [-0.2, -0.15) is 0 Å². The number of nitrogens with zero attached hydrogens (tertiary/aromatic N) is 2. The van der Waals surface area contributed by atoms with Crippen molar-refractivity contribution in [3.05, 3.63) is 35.6 Å². The highest BCUT2D eigenvalue weighted by atomic mass is 32.2. The smallest absolute Gasteiger partial charge is 0.193 e. The highest BCUT2D eigenvalue weighted by Gasteiger charge is 2.08. The SMILES string of the molecule is CCNC(=NCCS(C)(=O)=O)N(C)Cc1cccc(F)c1. The first-order valence-corrected chi connectivity index (χ1v) is 8.79. The summed E-state index contributed by atoms with van der Waals surface area (Å²) in [6.07, 6.45) is 1.19. The fraction of sp³-hybridized carbons (Fsp3) is 0.500. The van der Waals surface area contributed by atoms with Crippen molar-refractivity contribution in [3.63, 3.8) is 0 Å². The van der Waals surface area contributed by atoms with E-state index in [4.69, 9.17) is 0 Å². The van der Waals surface area contributed by atoms with Crippen molar-refractivity contribution >= 4 is 15.8 Å². The van der Waals surface area contributed by atoms with E-state index >= 15 is 0 Å². The summed E-state index contributed by atoms with van der Waals surface area (Å²) in [6, 6.07) is 6.36. The number of hydrogen-bond acceptors (Lipinski definition) is 3. The summed E-state index contributed by atoms with van der Waals surface area (Å²) >= 11 is 0. The van der Waals surface area contributed by atoms with Gasteiger partial charge in [0.15, 0.2) is 5.96 Å². The number of sulfone groups is 1. The van der Waals surface area contributed by atoms with Gasteiger partial charge in [-0.1, -0.05) is 12.1 Å². The lowest BCUT2D eigenvalue weighted by Crippen LogP contribution is -2.38. The molecular formula is C14H22FN3O2S. The van der Waals surface area contributed by atoms with Gasteiger partial charge in [0, 0.05) is 26.4 Å². The van der Waals surface area contributed by atoms with Crippen LogP contribution >= 0.6 is 0 Å². The third-order valence-corrected chi connectivity index (χ3v) is 3.65. The first kappa shape index (κ1) is 17.4. The molecule has 7 heteroatoms. The molecule has 0 bridgehead atoms. The molecule has 1 rings (SSSR count). The van der Waals surface area contributed by atoms with Gasteiger partial charge in [-0.15, -0.1) is 0 Å². The molecule has 1 N–H and O–H groups in total. The summed E-state index contributed by atoms with van der Waals surface area (Å²) in [5.74, 6) is 0.334. The van der Waals surface area contributed by atoms with E-state index in [9.17, 15) is 12.8 Å². The number of halogens is 1. The van der Waals surface area contributed by atoms with Crippen molar-refractivity contribution < 1.29 is 12.8 Å². The van der Waals surface area contributed by atoms with Crippen molar-refractivity contribution in [3.8, 4) is 0 Å². The number of rotatable bonds is 6. The van der Waals surface area contributed by atoms with E-state index in [1.165, 1.54) is 18.4 Å². The van der Waals surface area contributed by atoms with E-state index in [2.05, 4.69) is 10.3 Å². The highest BCUT2D eigenvalue weighted by molar-refractivity contribution is 7.90. The van der Waals surface area contributed by atoms with Gasteiger partial charge < -0.3 is 10.2 Å². The first-order chi connectivity index (χ1) is 9.81. The summed E-state index contributed by atoms with van der Waals surface area (Å²) in [5, 5.41) is 3.09. The van der Waals surface area contributed by atoms with E-state index in [1.54, 1.807) is 6.07 Å². The average molecular weight is 315 g/mol. The maximum Gasteiger partial charge on any atom is 0.193 e. The molecule has 0 heterocycles. The van der Waals surface area contributed by atoms with E-state index in [-0.39, 0.29) is 18.1 Å². The Hall–Kier alpha value is -1.63. The molecule has 0 amide bonds. The molecule has 0 spiro atoms. The van der Waals surface area contributed by atoms with E-state index in [0.717, 1.165) is 5.56 Å². The second kappa shape index (κ2) is 7.97. The van der Waals surface area contributed by atoms with Crippen LogP contribution in [0.1, 0.15) is 12.5 Å². The molecule has 118 valence electrons. The molecule has 0 saturated heterocycles. The third-order valence-electron chi connectivity index (χ3n) is 2.73. The lowest BCUT2D eigenvalue weighted by molar-refractivity contribution is 0.475. The van der Waals surface area contributed by atoms with Gasteiger partial charge in [0.25, 0.3) is 0 Å². The molecule has 0 radical (unpaired) electrons. The zero-order chi connectivity index (χ0) is 15.9. The van der Waals surface area contributed by atoms with Gasteiger partial charge in [0.2, 0.25) is 0 Å². The van der Waals surface area contributed by atoms with Crippen LogP contribution in [-0.4, -0.2) is 51.4 Å². The van der Waals surface area contributed by atoms with Crippen molar-refractivity contribution in [2.24, 2.45) is 4.99 Å². The molecule has 0 aliphatic carbocycles.